The fourth-order valence-electron chi connectivity index (χ4n) is 1.84. The lowest BCUT2D eigenvalue weighted by atomic mass is 9.95. The van der Waals surface area contributed by atoms with Gasteiger partial charge in [0.1, 0.15) is 0 Å². The molecule has 16 heavy (non-hydrogen) atoms. The number of rotatable bonds is 3. The number of piperidine rings is 1. The Bertz CT molecular complexity index is 273. The van der Waals surface area contributed by atoms with Gasteiger partial charge in [-0.25, -0.2) is 0 Å². The van der Waals surface area contributed by atoms with Gasteiger partial charge in [0, 0.05) is 19.0 Å². The Kier molecular flexibility index (Phi) is 4.77. The Labute approximate surface area is 105 Å². The number of hydrogen-bond acceptors (Lipinski definition) is 2. The van der Waals surface area contributed by atoms with Crippen molar-refractivity contribution in [3.63, 3.8) is 0 Å². The van der Waals surface area contributed by atoms with Crippen LogP contribution in [0.2, 0.25) is 0 Å². The zero-order valence-corrected chi connectivity index (χ0v) is 11.4. The van der Waals surface area contributed by atoms with Gasteiger partial charge in [-0.3, -0.25) is 9.59 Å². The zero-order chi connectivity index (χ0) is 12.3. The summed E-state index contributed by atoms with van der Waals surface area (Å²) >= 11 is 3.40. The minimum absolute atomic E-state index is 0.0584. The summed E-state index contributed by atoms with van der Waals surface area (Å²) in [7, 11) is 0. The van der Waals surface area contributed by atoms with Crippen LogP contribution in [-0.4, -0.2) is 34.6 Å². The molecule has 0 spiro atoms. The Morgan fingerprint density at radius 1 is 1.31 bits per heavy atom. The number of hydrogen-bond donors (Lipinski definition) is 1. The number of halogens is 1. The van der Waals surface area contributed by atoms with E-state index in [4.69, 9.17) is 5.73 Å². The highest BCUT2D eigenvalue weighted by Crippen LogP contribution is 2.21. The number of carbonyl (C=O) groups is 2. The van der Waals surface area contributed by atoms with Crippen molar-refractivity contribution < 1.29 is 9.59 Å². The first-order valence-corrected chi connectivity index (χ1v) is 6.57. The van der Waals surface area contributed by atoms with Crippen LogP contribution in [0.15, 0.2) is 0 Å². The fraction of sp³-hybridized carbons (Fsp3) is 0.818. The van der Waals surface area contributed by atoms with Crippen molar-refractivity contribution in [2.45, 2.75) is 31.5 Å². The van der Waals surface area contributed by atoms with E-state index in [0.717, 1.165) is 0 Å². The van der Waals surface area contributed by atoms with Crippen LogP contribution in [0.5, 0.6) is 0 Å². The first-order chi connectivity index (χ1) is 7.43. The first-order valence-electron chi connectivity index (χ1n) is 5.65. The molecule has 0 aromatic carbocycles. The van der Waals surface area contributed by atoms with E-state index >= 15 is 0 Å². The van der Waals surface area contributed by atoms with Gasteiger partial charge in [-0.05, 0) is 18.8 Å². The third kappa shape index (κ3) is 3.20. The van der Waals surface area contributed by atoms with E-state index in [9.17, 15) is 9.59 Å². The minimum Gasteiger partial charge on any atom is -0.369 e. The molecule has 0 radical (unpaired) electrons. The molecule has 0 saturated carbocycles. The van der Waals surface area contributed by atoms with Crippen molar-refractivity contribution in [1.29, 1.82) is 0 Å². The Morgan fingerprint density at radius 2 is 1.81 bits per heavy atom. The first kappa shape index (κ1) is 13.5. The Morgan fingerprint density at radius 3 is 2.19 bits per heavy atom. The molecular weight excluding hydrogens is 272 g/mol. The SMILES string of the molecule is CC(C)[C@H](Br)C(=O)N1CCC(C(N)=O)CC1. The van der Waals surface area contributed by atoms with Crippen LogP contribution in [-0.2, 0) is 9.59 Å². The molecule has 0 aliphatic carbocycles. The molecular formula is C11H19BrN2O2. The van der Waals surface area contributed by atoms with E-state index in [1.165, 1.54) is 0 Å². The number of nitrogens with two attached hydrogens (primary N) is 1. The summed E-state index contributed by atoms with van der Waals surface area (Å²) in [6.45, 7) is 5.30. The molecule has 1 aliphatic rings. The highest BCUT2D eigenvalue weighted by Gasteiger charge is 2.29. The molecule has 1 saturated heterocycles. The molecule has 0 bridgehead atoms. The van der Waals surface area contributed by atoms with Crippen LogP contribution in [0.1, 0.15) is 26.7 Å². The molecule has 92 valence electrons. The third-order valence-electron chi connectivity index (χ3n) is 3.03. The Balaban J connectivity index is 2.47. The van der Waals surface area contributed by atoms with E-state index in [1.807, 2.05) is 18.7 Å². The third-order valence-corrected chi connectivity index (χ3v) is 4.48. The smallest absolute Gasteiger partial charge is 0.236 e. The van der Waals surface area contributed by atoms with Crippen molar-refractivity contribution in [2.75, 3.05) is 13.1 Å². The van der Waals surface area contributed by atoms with Crippen molar-refractivity contribution in [3.8, 4) is 0 Å². The van der Waals surface area contributed by atoms with Crippen molar-refractivity contribution >= 4 is 27.7 Å². The average molecular weight is 291 g/mol. The molecule has 2 amide bonds. The molecule has 0 aromatic rings. The van der Waals surface area contributed by atoms with Crippen molar-refractivity contribution in [2.24, 2.45) is 17.6 Å². The number of carbonyl (C=O) groups excluding carboxylic acids is 2. The standard InChI is InChI=1S/C11H19BrN2O2/c1-7(2)9(12)11(16)14-5-3-8(4-6-14)10(13)15/h7-9H,3-6H2,1-2H3,(H2,13,15)/t9-/m0/s1. The summed E-state index contributed by atoms with van der Waals surface area (Å²) in [5, 5.41) is 0. The lowest BCUT2D eigenvalue weighted by Gasteiger charge is -2.32. The number of alkyl halides is 1. The summed E-state index contributed by atoms with van der Waals surface area (Å²) in [5.74, 6) is 0.0995. The van der Waals surface area contributed by atoms with Crippen LogP contribution in [0.3, 0.4) is 0 Å². The highest BCUT2D eigenvalue weighted by atomic mass is 79.9. The highest BCUT2D eigenvalue weighted by molar-refractivity contribution is 9.10. The van der Waals surface area contributed by atoms with Crippen molar-refractivity contribution in [3.05, 3.63) is 0 Å². The van der Waals surface area contributed by atoms with Crippen LogP contribution in [0.4, 0.5) is 0 Å². The van der Waals surface area contributed by atoms with E-state index in [-0.39, 0.29) is 28.5 Å². The molecule has 1 fully saturated rings. The predicted molar refractivity (Wildman–Crippen MR) is 66.1 cm³/mol. The van der Waals surface area contributed by atoms with Gasteiger partial charge in [-0.1, -0.05) is 29.8 Å². The molecule has 1 rings (SSSR count). The van der Waals surface area contributed by atoms with Crippen LogP contribution < -0.4 is 5.73 Å². The minimum atomic E-state index is -0.244. The van der Waals surface area contributed by atoms with Crippen LogP contribution >= 0.6 is 15.9 Å². The second kappa shape index (κ2) is 5.66. The molecule has 1 aliphatic heterocycles. The summed E-state index contributed by atoms with van der Waals surface area (Å²) in [6.07, 6.45) is 1.39. The largest absolute Gasteiger partial charge is 0.369 e. The quantitative estimate of drug-likeness (QED) is 0.792. The summed E-state index contributed by atoms with van der Waals surface area (Å²) in [4.78, 5) is 24.7. The summed E-state index contributed by atoms with van der Waals surface area (Å²) in [5.41, 5.74) is 5.25. The second-order valence-electron chi connectivity index (χ2n) is 4.65. The number of nitrogens with zero attached hydrogens (tertiary/aromatic N) is 1. The number of primary amides is 1. The van der Waals surface area contributed by atoms with E-state index in [1.54, 1.807) is 0 Å². The maximum absolute atomic E-state index is 12.0. The van der Waals surface area contributed by atoms with Gasteiger partial charge in [0.05, 0.1) is 4.83 Å². The maximum Gasteiger partial charge on any atom is 0.236 e. The van der Waals surface area contributed by atoms with Gasteiger partial charge in [-0.2, -0.15) is 0 Å². The van der Waals surface area contributed by atoms with E-state index in [0.29, 0.717) is 25.9 Å². The predicted octanol–water partition coefficient (Wildman–Crippen LogP) is 1.13. The molecule has 2 N–H and O–H groups in total. The van der Waals surface area contributed by atoms with Gasteiger partial charge in [-0.15, -0.1) is 0 Å². The topological polar surface area (TPSA) is 63.4 Å². The molecule has 0 aromatic heterocycles. The molecule has 1 atom stereocenters. The fourth-order valence-corrected chi connectivity index (χ4v) is 2.13. The van der Waals surface area contributed by atoms with Gasteiger partial charge >= 0.3 is 0 Å². The van der Waals surface area contributed by atoms with Gasteiger partial charge in [0.15, 0.2) is 0 Å². The summed E-state index contributed by atoms with van der Waals surface area (Å²) < 4.78 is 0. The normalized spacial score (nSPS) is 19.9. The van der Waals surface area contributed by atoms with Crippen LogP contribution in [0.25, 0.3) is 0 Å². The average Bonchev–Trinajstić information content (AvgIpc) is 2.27. The van der Waals surface area contributed by atoms with Gasteiger partial charge in [0.25, 0.3) is 0 Å². The van der Waals surface area contributed by atoms with Crippen molar-refractivity contribution in [1.82, 2.24) is 4.90 Å². The molecule has 0 unspecified atom stereocenters. The second-order valence-corrected chi connectivity index (χ2v) is 5.63. The lowest BCUT2D eigenvalue weighted by molar-refractivity contribution is -0.134. The maximum atomic E-state index is 12.0. The van der Waals surface area contributed by atoms with E-state index < -0.39 is 0 Å². The van der Waals surface area contributed by atoms with Crippen LogP contribution in [0, 0.1) is 11.8 Å². The summed E-state index contributed by atoms with van der Waals surface area (Å²) in [6, 6.07) is 0. The number of likely N-dealkylation sites (tertiary alicyclic amines) is 1. The molecule has 5 heteroatoms. The van der Waals surface area contributed by atoms with Gasteiger partial charge in [0.2, 0.25) is 11.8 Å². The molecule has 4 nitrogen and oxygen atoms in total. The zero-order valence-electron chi connectivity index (χ0n) is 9.78. The molecule has 1 heterocycles. The number of amides is 2. The lowest BCUT2D eigenvalue weighted by Crippen LogP contribution is -2.45. The Hall–Kier alpha value is -0.580. The monoisotopic (exact) mass is 290 g/mol. The van der Waals surface area contributed by atoms with Gasteiger partial charge < -0.3 is 10.6 Å². The van der Waals surface area contributed by atoms with E-state index in [2.05, 4.69) is 15.9 Å².